The highest BCUT2D eigenvalue weighted by atomic mass is 32.2. The van der Waals surface area contributed by atoms with Crippen molar-refractivity contribution in [1.29, 1.82) is 0 Å². The van der Waals surface area contributed by atoms with Crippen molar-refractivity contribution >= 4 is 16.1 Å². The van der Waals surface area contributed by atoms with Gasteiger partial charge in [0.1, 0.15) is 0 Å². The molecule has 1 fully saturated rings. The Kier molecular flexibility index (Phi) is 7.16. The van der Waals surface area contributed by atoms with Crippen LogP contribution >= 0.6 is 0 Å². The molecule has 1 heterocycles. The summed E-state index contributed by atoms with van der Waals surface area (Å²) in [5, 5.41) is 2.97. The van der Waals surface area contributed by atoms with Crippen LogP contribution < -0.4 is 14.2 Å². The summed E-state index contributed by atoms with van der Waals surface area (Å²) < 4.78 is 38.9. The molecule has 28 heavy (non-hydrogen) atoms. The fourth-order valence-corrected chi connectivity index (χ4v) is 3.38. The summed E-state index contributed by atoms with van der Waals surface area (Å²) in [5.41, 5.74) is 0.345. The first kappa shape index (κ1) is 22.3. The molecule has 0 saturated carbocycles. The number of carbonyl (C=O) groups excluding carboxylic acids is 1. The molecule has 1 N–H and O–H groups in total. The van der Waals surface area contributed by atoms with Crippen LogP contribution in [0.3, 0.4) is 0 Å². The first-order valence-electron chi connectivity index (χ1n) is 9.22. The van der Waals surface area contributed by atoms with Crippen molar-refractivity contribution in [3.63, 3.8) is 0 Å². The van der Waals surface area contributed by atoms with Crippen molar-refractivity contribution in [2.45, 2.75) is 51.8 Å². The second-order valence-corrected chi connectivity index (χ2v) is 9.54. The molecule has 0 spiro atoms. The Morgan fingerprint density at radius 2 is 2.04 bits per heavy atom. The number of methoxy groups -OCH3 is 1. The van der Waals surface area contributed by atoms with Gasteiger partial charge in [0.15, 0.2) is 11.5 Å². The van der Waals surface area contributed by atoms with E-state index in [1.165, 1.54) is 7.11 Å². The van der Waals surface area contributed by atoms with E-state index in [0.29, 0.717) is 18.9 Å². The Bertz CT molecular complexity index is 782. The Balaban J connectivity index is 2.23. The minimum atomic E-state index is -3.71. The summed E-state index contributed by atoms with van der Waals surface area (Å²) >= 11 is 0. The number of carbonyl (C=O) groups is 1. The summed E-state index contributed by atoms with van der Waals surface area (Å²) in [6.45, 7) is 7.19. The van der Waals surface area contributed by atoms with Gasteiger partial charge in [0.05, 0.1) is 19.5 Å². The lowest BCUT2D eigenvalue weighted by molar-refractivity contribution is 0.0782. The van der Waals surface area contributed by atoms with Crippen molar-refractivity contribution in [2.75, 3.05) is 26.5 Å². The molecule has 1 aliphatic heterocycles. The normalized spacial score (nSPS) is 17.2. The summed E-state index contributed by atoms with van der Waals surface area (Å²) in [4.78, 5) is 14.5. The molecule has 1 unspecified atom stereocenters. The molecule has 1 aromatic rings. The number of hydrogen-bond acceptors (Lipinski definition) is 6. The highest BCUT2D eigenvalue weighted by Crippen LogP contribution is 2.30. The van der Waals surface area contributed by atoms with E-state index in [-0.39, 0.29) is 30.0 Å². The lowest BCUT2D eigenvalue weighted by Gasteiger charge is -2.30. The van der Waals surface area contributed by atoms with Crippen LogP contribution in [0.15, 0.2) is 18.2 Å². The molecule has 158 valence electrons. The summed E-state index contributed by atoms with van der Waals surface area (Å²) in [7, 11) is -2.27. The number of hydrogen-bond donors (Lipinski definition) is 1. The number of nitrogens with zero attached hydrogens (tertiary/aromatic N) is 1. The second-order valence-electron chi connectivity index (χ2n) is 7.97. The largest absolute Gasteiger partial charge is 0.493 e. The Morgan fingerprint density at radius 1 is 1.32 bits per heavy atom. The van der Waals surface area contributed by atoms with Crippen molar-refractivity contribution < 1.29 is 26.9 Å². The number of nitrogens with one attached hydrogen (secondary N) is 1. The van der Waals surface area contributed by atoms with Gasteiger partial charge in [-0.1, -0.05) is 6.07 Å². The standard InChI is InChI=1S/C19H30N2O6S/c1-19(2,3)20-18(22)21(13-15-7-6-10-26-15)12-14-8-9-16(25-4)17(11-14)27-28(5,23)24/h8-9,11,15H,6-7,10,12-13H2,1-5H3,(H,20,22). The third-order valence-electron chi connectivity index (χ3n) is 4.06. The molecule has 1 aliphatic rings. The molecule has 1 aromatic carbocycles. The van der Waals surface area contributed by atoms with E-state index in [0.717, 1.165) is 24.7 Å². The van der Waals surface area contributed by atoms with Crippen LogP contribution in [-0.4, -0.2) is 57.5 Å². The second kappa shape index (κ2) is 9.00. The molecule has 0 radical (unpaired) electrons. The van der Waals surface area contributed by atoms with Crippen LogP contribution in [0.1, 0.15) is 39.2 Å². The van der Waals surface area contributed by atoms with Gasteiger partial charge in [0, 0.05) is 25.2 Å². The minimum absolute atomic E-state index is 0.00398. The van der Waals surface area contributed by atoms with Gasteiger partial charge in [-0.05, 0) is 51.3 Å². The lowest BCUT2D eigenvalue weighted by Crippen LogP contribution is -2.50. The van der Waals surface area contributed by atoms with Crippen LogP contribution in [0.25, 0.3) is 0 Å². The van der Waals surface area contributed by atoms with Gasteiger partial charge in [0.25, 0.3) is 0 Å². The molecule has 9 heteroatoms. The number of amides is 2. The maximum atomic E-state index is 12.8. The van der Waals surface area contributed by atoms with Crippen LogP contribution in [0.4, 0.5) is 4.79 Å². The molecule has 1 saturated heterocycles. The molecule has 8 nitrogen and oxygen atoms in total. The maximum Gasteiger partial charge on any atom is 0.318 e. The van der Waals surface area contributed by atoms with Crippen molar-refractivity contribution in [2.24, 2.45) is 0 Å². The summed E-state index contributed by atoms with van der Waals surface area (Å²) in [6.07, 6.45) is 2.86. The topological polar surface area (TPSA) is 94.2 Å². The van der Waals surface area contributed by atoms with Crippen LogP contribution in [0.5, 0.6) is 11.5 Å². The molecule has 0 bridgehead atoms. The summed E-state index contributed by atoms with van der Waals surface area (Å²) in [5.74, 6) is 0.398. The van der Waals surface area contributed by atoms with E-state index in [9.17, 15) is 13.2 Å². The third-order valence-corrected chi connectivity index (χ3v) is 4.54. The number of rotatable bonds is 7. The highest BCUT2D eigenvalue weighted by Gasteiger charge is 2.25. The fraction of sp³-hybridized carbons (Fsp3) is 0.632. The highest BCUT2D eigenvalue weighted by molar-refractivity contribution is 7.86. The smallest absolute Gasteiger partial charge is 0.318 e. The van der Waals surface area contributed by atoms with E-state index in [4.69, 9.17) is 13.7 Å². The third kappa shape index (κ3) is 7.20. The Morgan fingerprint density at radius 3 is 2.57 bits per heavy atom. The van der Waals surface area contributed by atoms with Gasteiger partial charge in [-0.3, -0.25) is 0 Å². The van der Waals surface area contributed by atoms with Crippen LogP contribution in [0, 0.1) is 0 Å². The number of urea groups is 1. The molecular formula is C19H30N2O6S. The monoisotopic (exact) mass is 414 g/mol. The van der Waals surface area contributed by atoms with E-state index in [2.05, 4.69) is 5.32 Å². The molecular weight excluding hydrogens is 384 g/mol. The quantitative estimate of drug-likeness (QED) is 0.689. The van der Waals surface area contributed by atoms with E-state index < -0.39 is 10.1 Å². The molecule has 2 amide bonds. The SMILES string of the molecule is COc1ccc(CN(CC2CCCO2)C(=O)NC(C)(C)C)cc1OS(C)(=O)=O. The average Bonchev–Trinajstić information content (AvgIpc) is 3.04. The first-order valence-corrected chi connectivity index (χ1v) is 11.0. The molecule has 2 rings (SSSR count). The summed E-state index contributed by atoms with van der Waals surface area (Å²) in [6, 6.07) is 4.78. The Labute approximate surface area is 167 Å². The van der Waals surface area contributed by atoms with E-state index >= 15 is 0 Å². The van der Waals surface area contributed by atoms with Gasteiger partial charge in [0.2, 0.25) is 0 Å². The number of benzene rings is 1. The molecule has 0 aromatic heterocycles. The van der Waals surface area contributed by atoms with Gasteiger partial charge in [-0.15, -0.1) is 0 Å². The zero-order chi connectivity index (χ0) is 20.9. The molecule has 1 atom stereocenters. The van der Waals surface area contributed by atoms with Crippen molar-refractivity contribution in [1.82, 2.24) is 10.2 Å². The van der Waals surface area contributed by atoms with Gasteiger partial charge in [-0.2, -0.15) is 8.42 Å². The van der Waals surface area contributed by atoms with Gasteiger partial charge < -0.3 is 23.9 Å². The zero-order valence-electron chi connectivity index (χ0n) is 17.1. The molecule has 0 aliphatic carbocycles. The van der Waals surface area contributed by atoms with E-state index in [1.54, 1.807) is 23.1 Å². The van der Waals surface area contributed by atoms with Crippen molar-refractivity contribution in [3.05, 3.63) is 23.8 Å². The van der Waals surface area contributed by atoms with Crippen LogP contribution in [0.2, 0.25) is 0 Å². The minimum Gasteiger partial charge on any atom is -0.493 e. The van der Waals surface area contributed by atoms with Gasteiger partial charge >= 0.3 is 16.1 Å². The fourth-order valence-electron chi connectivity index (χ4n) is 2.92. The van der Waals surface area contributed by atoms with E-state index in [1.807, 2.05) is 20.8 Å². The lowest BCUT2D eigenvalue weighted by atomic mass is 10.1. The Hall–Kier alpha value is -2.00. The predicted molar refractivity (Wildman–Crippen MR) is 106 cm³/mol. The first-order chi connectivity index (χ1) is 13.0. The van der Waals surface area contributed by atoms with Crippen molar-refractivity contribution in [3.8, 4) is 11.5 Å². The van der Waals surface area contributed by atoms with Gasteiger partial charge in [-0.25, -0.2) is 4.79 Å². The van der Waals surface area contributed by atoms with Crippen LogP contribution in [-0.2, 0) is 21.4 Å². The maximum absolute atomic E-state index is 12.8. The average molecular weight is 415 g/mol. The predicted octanol–water partition coefficient (Wildman–Crippen LogP) is 2.52. The number of ether oxygens (including phenoxy) is 2. The zero-order valence-corrected chi connectivity index (χ0v) is 18.0.